The zero-order valence-electron chi connectivity index (χ0n) is 17.1. The van der Waals surface area contributed by atoms with Gasteiger partial charge in [-0.2, -0.15) is 0 Å². The van der Waals surface area contributed by atoms with E-state index < -0.39 is 0 Å². The largest absolute Gasteiger partial charge is 0.508 e. The average Bonchev–Trinajstić information content (AvgIpc) is 2.76. The van der Waals surface area contributed by atoms with E-state index in [1.165, 1.54) is 28.7 Å². The number of hydrogen-bond donors (Lipinski definition) is 2. The first-order valence-electron chi connectivity index (χ1n) is 10.8. The predicted molar refractivity (Wildman–Crippen MR) is 119 cm³/mol. The fourth-order valence-corrected chi connectivity index (χ4v) is 4.99. The fraction of sp³-hybridized carbons (Fsp3) is 0.333. The standard InChI is InChI=1S/C27H30O2/c1-2-3-20-4-6-21(7-5-20)22-16-18-27(19-17-22,23-8-12-25(28)13-9-23)24-10-14-26(29)15-11-24/h4-15,22,28-29H,2-3,16-19H2,1H3. The van der Waals surface area contributed by atoms with Crippen LogP contribution in [0.15, 0.2) is 72.8 Å². The molecule has 0 aromatic heterocycles. The van der Waals surface area contributed by atoms with E-state index in [1.54, 1.807) is 24.3 Å². The van der Waals surface area contributed by atoms with Gasteiger partial charge in [0.2, 0.25) is 0 Å². The van der Waals surface area contributed by atoms with Gasteiger partial charge in [0.15, 0.2) is 0 Å². The Balaban J connectivity index is 1.61. The third-order valence-corrected chi connectivity index (χ3v) is 6.67. The third-order valence-electron chi connectivity index (χ3n) is 6.67. The van der Waals surface area contributed by atoms with Gasteiger partial charge in [0, 0.05) is 5.41 Å². The fourth-order valence-electron chi connectivity index (χ4n) is 4.99. The van der Waals surface area contributed by atoms with Crippen molar-refractivity contribution in [1.82, 2.24) is 0 Å². The summed E-state index contributed by atoms with van der Waals surface area (Å²) in [4.78, 5) is 0. The normalized spacial score (nSPS) is 16.6. The Bertz CT molecular complexity index is 868. The SMILES string of the molecule is CCCc1ccc(C2CCC(c3ccc(O)cc3)(c3ccc(O)cc3)CC2)cc1. The van der Waals surface area contributed by atoms with E-state index in [1.807, 2.05) is 0 Å². The van der Waals surface area contributed by atoms with Crippen LogP contribution in [0.25, 0.3) is 0 Å². The molecule has 0 atom stereocenters. The monoisotopic (exact) mass is 386 g/mol. The second-order valence-corrected chi connectivity index (χ2v) is 8.44. The summed E-state index contributed by atoms with van der Waals surface area (Å²) in [6, 6.07) is 24.6. The van der Waals surface area contributed by atoms with Gasteiger partial charge in [-0.05, 0) is 84.5 Å². The molecule has 4 rings (SSSR count). The molecule has 0 heterocycles. The second kappa shape index (κ2) is 8.32. The van der Waals surface area contributed by atoms with E-state index in [0.717, 1.165) is 32.1 Å². The lowest BCUT2D eigenvalue weighted by Crippen LogP contribution is -2.32. The Morgan fingerprint density at radius 1 is 0.724 bits per heavy atom. The van der Waals surface area contributed by atoms with E-state index in [0.29, 0.717) is 17.4 Å². The lowest BCUT2D eigenvalue weighted by molar-refractivity contribution is 0.314. The maximum absolute atomic E-state index is 9.76. The molecule has 1 aliphatic rings. The van der Waals surface area contributed by atoms with Crippen molar-refractivity contribution < 1.29 is 10.2 Å². The Morgan fingerprint density at radius 2 is 1.21 bits per heavy atom. The minimum atomic E-state index is -0.0694. The molecule has 0 spiro atoms. The molecule has 0 radical (unpaired) electrons. The molecule has 3 aromatic carbocycles. The molecule has 2 N–H and O–H groups in total. The number of rotatable bonds is 5. The molecule has 1 aliphatic carbocycles. The topological polar surface area (TPSA) is 40.5 Å². The number of phenolic OH excluding ortho intramolecular Hbond substituents is 2. The highest BCUT2D eigenvalue weighted by molar-refractivity contribution is 5.44. The Kier molecular flexibility index (Phi) is 5.62. The van der Waals surface area contributed by atoms with Gasteiger partial charge < -0.3 is 10.2 Å². The summed E-state index contributed by atoms with van der Waals surface area (Å²) >= 11 is 0. The van der Waals surface area contributed by atoms with Crippen LogP contribution in [0.3, 0.4) is 0 Å². The summed E-state index contributed by atoms with van der Waals surface area (Å²) in [6.07, 6.45) is 6.72. The number of benzene rings is 3. The van der Waals surface area contributed by atoms with Crippen molar-refractivity contribution >= 4 is 0 Å². The summed E-state index contributed by atoms with van der Waals surface area (Å²) in [5.41, 5.74) is 5.31. The van der Waals surface area contributed by atoms with Crippen molar-refractivity contribution in [3.8, 4) is 11.5 Å². The van der Waals surface area contributed by atoms with Gasteiger partial charge in [-0.15, -0.1) is 0 Å². The van der Waals surface area contributed by atoms with Gasteiger partial charge in [0.05, 0.1) is 0 Å². The molecule has 29 heavy (non-hydrogen) atoms. The van der Waals surface area contributed by atoms with Crippen molar-refractivity contribution in [2.45, 2.75) is 56.8 Å². The average molecular weight is 387 g/mol. The molecule has 1 fully saturated rings. The molecule has 0 unspecified atom stereocenters. The van der Waals surface area contributed by atoms with Crippen LogP contribution >= 0.6 is 0 Å². The molecule has 150 valence electrons. The van der Waals surface area contributed by atoms with E-state index in [2.05, 4.69) is 55.5 Å². The number of aryl methyl sites for hydroxylation is 1. The lowest BCUT2D eigenvalue weighted by atomic mass is 9.62. The number of hydrogen-bond acceptors (Lipinski definition) is 2. The highest BCUT2D eigenvalue weighted by Gasteiger charge is 2.38. The highest BCUT2D eigenvalue weighted by atomic mass is 16.3. The summed E-state index contributed by atoms with van der Waals surface area (Å²) < 4.78 is 0. The number of phenols is 2. The highest BCUT2D eigenvalue weighted by Crippen LogP contribution is 2.49. The Morgan fingerprint density at radius 3 is 1.66 bits per heavy atom. The van der Waals surface area contributed by atoms with Crippen LogP contribution in [-0.4, -0.2) is 10.2 Å². The van der Waals surface area contributed by atoms with Crippen LogP contribution in [0.1, 0.15) is 67.2 Å². The maximum Gasteiger partial charge on any atom is 0.115 e. The molecule has 0 bridgehead atoms. The van der Waals surface area contributed by atoms with Crippen molar-refractivity contribution in [2.75, 3.05) is 0 Å². The quantitative estimate of drug-likeness (QED) is 0.512. The van der Waals surface area contributed by atoms with Crippen molar-refractivity contribution in [2.24, 2.45) is 0 Å². The summed E-state index contributed by atoms with van der Waals surface area (Å²) in [5, 5.41) is 19.5. The summed E-state index contributed by atoms with van der Waals surface area (Å²) in [5.74, 6) is 1.19. The van der Waals surface area contributed by atoms with E-state index in [9.17, 15) is 10.2 Å². The summed E-state index contributed by atoms with van der Waals surface area (Å²) in [6.45, 7) is 2.22. The minimum Gasteiger partial charge on any atom is -0.508 e. The first-order valence-corrected chi connectivity index (χ1v) is 10.8. The number of aromatic hydroxyl groups is 2. The van der Waals surface area contributed by atoms with Crippen LogP contribution in [0.4, 0.5) is 0 Å². The smallest absolute Gasteiger partial charge is 0.115 e. The first kappa shape index (κ1) is 19.6. The Hall–Kier alpha value is -2.74. The van der Waals surface area contributed by atoms with Crippen LogP contribution in [0.5, 0.6) is 11.5 Å². The first-order chi connectivity index (χ1) is 14.1. The van der Waals surface area contributed by atoms with Crippen LogP contribution in [-0.2, 0) is 11.8 Å². The van der Waals surface area contributed by atoms with Gasteiger partial charge in [-0.1, -0.05) is 61.9 Å². The lowest BCUT2D eigenvalue weighted by Gasteiger charge is -2.41. The van der Waals surface area contributed by atoms with Crippen molar-refractivity contribution in [3.63, 3.8) is 0 Å². The molecule has 0 aliphatic heterocycles. The van der Waals surface area contributed by atoms with Gasteiger partial charge in [0.1, 0.15) is 11.5 Å². The molecule has 0 saturated heterocycles. The zero-order chi connectivity index (χ0) is 20.3. The zero-order valence-corrected chi connectivity index (χ0v) is 17.1. The van der Waals surface area contributed by atoms with E-state index in [-0.39, 0.29) is 5.41 Å². The van der Waals surface area contributed by atoms with Crippen LogP contribution < -0.4 is 0 Å². The van der Waals surface area contributed by atoms with Crippen LogP contribution in [0.2, 0.25) is 0 Å². The molecular formula is C27H30O2. The predicted octanol–water partition coefficient (Wildman–Crippen LogP) is 6.69. The van der Waals surface area contributed by atoms with Gasteiger partial charge in [-0.3, -0.25) is 0 Å². The summed E-state index contributed by atoms with van der Waals surface area (Å²) in [7, 11) is 0. The molecule has 2 nitrogen and oxygen atoms in total. The second-order valence-electron chi connectivity index (χ2n) is 8.44. The van der Waals surface area contributed by atoms with Crippen molar-refractivity contribution in [1.29, 1.82) is 0 Å². The van der Waals surface area contributed by atoms with Gasteiger partial charge >= 0.3 is 0 Å². The van der Waals surface area contributed by atoms with Crippen LogP contribution in [0, 0.1) is 0 Å². The van der Waals surface area contributed by atoms with Gasteiger partial charge in [-0.25, -0.2) is 0 Å². The third kappa shape index (κ3) is 4.03. The van der Waals surface area contributed by atoms with E-state index >= 15 is 0 Å². The molecule has 2 heteroatoms. The molecule has 3 aromatic rings. The molecule has 0 amide bonds. The van der Waals surface area contributed by atoms with Crippen molar-refractivity contribution in [3.05, 3.63) is 95.1 Å². The minimum absolute atomic E-state index is 0.0694. The molecular weight excluding hydrogens is 356 g/mol. The maximum atomic E-state index is 9.76. The van der Waals surface area contributed by atoms with Gasteiger partial charge in [0.25, 0.3) is 0 Å². The molecule has 1 saturated carbocycles. The van der Waals surface area contributed by atoms with E-state index in [4.69, 9.17) is 0 Å². The Labute approximate surface area is 173 Å².